The Kier molecular flexibility index (Phi) is 3.45. The van der Waals surface area contributed by atoms with Gasteiger partial charge in [-0.05, 0) is 5.21 Å². The van der Waals surface area contributed by atoms with Crippen LogP contribution in [0.2, 0.25) is 0 Å². The highest BCUT2D eigenvalue weighted by Crippen LogP contribution is 2.17. The Bertz CT molecular complexity index is 397. The number of tetrazole rings is 1. The minimum absolute atomic E-state index is 0.0701. The number of carbonyl (C=O) groups is 1. The molecule has 0 aromatic carbocycles. The molecule has 0 radical (unpaired) electrons. The maximum Gasteiger partial charge on any atom is 0.401 e. The van der Waals surface area contributed by atoms with E-state index in [9.17, 15) is 18.0 Å². The van der Waals surface area contributed by atoms with Gasteiger partial charge in [-0.2, -0.15) is 18.4 Å². The number of aromatic amines is 1. The highest BCUT2D eigenvalue weighted by molar-refractivity contribution is 5.90. The van der Waals surface area contributed by atoms with E-state index >= 15 is 0 Å². The van der Waals surface area contributed by atoms with E-state index in [2.05, 4.69) is 20.6 Å². The fourth-order valence-electron chi connectivity index (χ4n) is 1.76. The minimum Gasteiger partial charge on any atom is -0.333 e. The predicted molar refractivity (Wildman–Crippen MR) is 52.6 cm³/mol. The van der Waals surface area contributed by atoms with Crippen molar-refractivity contribution < 1.29 is 18.0 Å². The summed E-state index contributed by atoms with van der Waals surface area (Å²) >= 11 is 0. The van der Waals surface area contributed by atoms with Crippen molar-refractivity contribution >= 4 is 5.91 Å². The number of nitrogens with zero attached hydrogens (tertiary/aromatic N) is 5. The standard InChI is InChI=1S/C8H11F3N6O/c9-8(10,11)5-16-1-3-17(4-2-16)7(18)6-12-14-15-13-6/h1-5H2,(H,12,13,14,15). The monoisotopic (exact) mass is 264 g/mol. The van der Waals surface area contributed by atoms with Gasteiger partial charge in [0.2, 0.25) is 0 Å². The van der Waals surface area contributed by atoms with E-state index in [1.54, 1.807) is 0 Å². The van der Waals surface area contributed by atoms with E-state index in [0.717, 1.165) is 0 Å². The molecule has 1 aromatic rings. The smallest absolute Gasteiger partial charge is 0.333 e. The third kappa shape index (κ3) is 3.15. The lowest BCUT2D eigenvalue weighted by Crippen LogP contribution is -2.51. The average molecular weight is 264 g/mol. The fraction of sp³-hybridized carbons (Fsp3) is 0.750. The number of piperazine rings is 1. The lowest BCUT2D eigenvalue weighted by atomic mass is 10.3. The second-order valence-corrected chi connectivity index (χ2v) is 3.92. The van der Waals surface area contributed by atoms with E-state index < -0.39 is 18.6 Å². The lowest BCUT2D eigenvalue weighted by molar-refractivity contribution is -0.148. The van der Waals surface area contributed by atoms with Crippen LogP contribution >= 0.6 is 0 Å². The first-order chi connectivity index (χ1) is 8.46. The first-order valence-corrected chi connectivity index (χ1v) is 5.27. The van der Waals surface area contributed by atoms with E-state index in [4.69, 9.17) is 0 Å². The summed E-state index contributed by atoms with van der Waals surface area (Å²) in [6, 6.07) is 0. The molecule has 1 saturated heterocycles. The van der Waals surface area contributed by atoms with Gasteiger partial charge in [-0.15, -0.1) is 10.2 Å². The summed E-state index contributed by atoms with van der Waals surface area (Å²) in [4.78, 5) is 14.4. The molecule has 0 bridgehead atoms. The average Bonchev–Trinajstić information content (AvgIpc) is 2.80. The Hall–Kier alpha value is -1.71. The summed E-state index contributed by atoms with van der Waals surface area (Å²) in [7, 11) is 0. The molecule has 1 fully saturated rings. The SMILES string of the molecule is O=C(c1nn[nH]n1)N1CCN(CC(F)(F)F)CC1. The number of aromatic nitrogens is 4. The van der Waals surface area contributed by atoms with Gasteiger partial charge in [-0.3, -0.25) is 9.69 Å². The van der Waals surface area contributed by atoms with Crippen LogP contribution in [-0.4, -0.2) is 75.2 Å². The van der Waals surface area contributed by atoms with Crippen molar-refractivity contribution in [3.8, 4) is 0 Å². The van der Waals surface area contributed by atoms with Crippen LogP contribution in [-0.2, 0) is 0 Å². The van der Waals surface area contributed by atoms with Crippen molar-refractivity contribution in [3.05, 3.63) is 5.82 Å². The normalized spacial score (nSPS) is 18.1. The second kappa shape index (κ2) is 4.88. The second-order valence-electron chi connectivity index (χ2n) is 3.92. The van der Waals surface area contributed by atoms with Gasteiger partial charge in [0, 0.05) is 26.2 Å². The Morgan fingerprint density at radius 1 is 1.28 bits per heavy atom. The molecule has 2 heterocycles. The Balaban J connectivity index is 1.85. The lowest BCUT2D eigenvalue weighted by Gasteiger charge is -2.34. The summed E-state index contributed by atoms with van der Waals surface area (Å²) in [6.45, 7) is -0.129. The number of alkyl halides is 3. The molecule has 7 nitrogen and oxygen atoms in total. The van der Waals surface area contributed by atoms with Gasteiger partial charge in [0.25, 0.3) is 11.7 Å². The molecule has 0 atom stereocenters. The van der Waals surface area contributed by atoms with Gasteiger partial charge in [-0.25, -0.2) is 0 Å². The van der Waals surface area contributed by atoms with Crippen molar-refractivity contribution in [2.45, 2.75) is 6.18 Å². The molecule has 0 saturated carbocycles. The number of rotatable bonds is 2. The highest BCUT2D eigenvalue weighted by Gasteiger charge is 2.33. The molecular formula is C8H11F3N6O. The molecule has 0 unspecified atom stereocenters. The molecular weight excluding hydrogens is 253 g/mol. The summed E-state index contributed by atoms with van der Waals surface area (Å²) in [5, 5.41) is 12.5. The summed E-state index contributed by atoms with van der Waals surface area (Å²) in [5.41, 5.74) is 0. The molecule has 1 aromatic heterocycles. The Morgan fingerprint density at radius 2 is 1.94 bits per heavy atom. The van der Waals surface area contributed by atoms with E-state index in [1.807, 2.05) is 0 Å². The van der Waals surface area contributed by atoms with Gasteiger partial charge in [0.15, 0.2) is 0 Å². The molecule has 1 N–H and O–H groups in total. The molecule has 0 spiro atoms. The highest BCUT2D eigenvalue weighted by atomic mass is 19.4. The van der Waals surface area contributed by atoms with Crippen molar-refractivity contribution in [3.63, 3.8) is 0 Å². The Morgan fingerprint density at radius 3 is 2.44 bits per heavy atom. The molecule has 10 heteroatoms. The first-order valence-electron chi connectivity index (χ1n) is 5.27. The largest absolute Gasteiger partial charge is 0.401 e. The van der Waals surface area contributed by atoms with Crippen molar-refractivity contribution in [2.75, 3.05) is 32.7 Å². The Labute approximate surface area is 99.9 Å². The molecule has 100 valence electrons. The summed E-state index contributed by atoms with van der Waals surface area (Å²) < 4.78 is 36.5. The number of hydrogen-bond acceptors (Lipinski definition) is 5. The molecule has 0 aliphatic carbocycles. The molecule has 18 heavy (non-hydrogen) atoms. The van der Waals surface area contributed by atoms with Crippen LogP contribution in [0.4, 0.5) is 13.2 Å². The zero-order valence-corrected chi connectivity index (χ0v) is 9.31. The third-order valence-corrected chi connectivity index (χ3v) is 2.60. The molecule has 1 amide bonds. The first kappa shape index (κ1) is 12.7. The topological polar surface area (TPSA) is 78.0 Å². The van der Waals surface area contributed by atoms with Crippen molar-refractivity contribution in [2.24, 2.45) is 0 Å². The van der Waals surface area contributed by atoms with Gasteiger partial charge >= 0.3 is 6.18 Å². The van der Waals surface area contributed by atoms with Crippen LogP contribution in [0, 0.1) is 0 Å². The van der Waals surface area contributed by atoms with Crippen molar-refractivity contribution in [1.82, 2.24) is 30.4 Å². The minimum atomic E-state index is -4.21. The maximum atomic E-state index is 12.2. The van der Waals surface area contributed by atoms with E-state index in [-0.39, 0.29) is 32.0 Å². The van der Waals surface area contributed by atoms with Gasteiger partial charge in [-0.1, -0.05) is 0 Å². The van der Waals surface area contributed by atoms with Crippen molar-refractivity contribution in [1.29, 1.82) is 0 Å². The van der Waals surface area contributed by atoms with Crippen LogP contribution in [0.3, 0.4) is 0 Å². The third-order valence-electron chi connectivity index (χ3n) is 2.60. The maximum absolute atomic E-state index is 12.2. The van der Waals surface area contributed by atoms with Gasteiger partial charge in [0.1, 0.15) is 0 Å². The zero-order valence-electron chi connectivity index (χ0n) is 9.31. The number of halogens is 3. The van der Waals surface area contributed by atoms with Crippen LogP contribution in [0.1, 0.15) is 10.6 Å². The van der Waals surface area contributed by atoms with Crippen LogP contribution in [0.15, 0.2) is 0 Å². The fourth-order valence-corrected chi connectivity index (χ4v) is 1.76. The predicted octanol–water partition coefficient (Wildman–Crippen LogP) is -0.480. The van der Waals surface area contributed by atoms with E-state index in [1.165, 1.54) is 9.80 Å². The zero-order chi connectivity index (χ0) is 13.2. The van der Waals surface area contributed by atoms with Gasteiger partial charge < -0.3 is 4.90 Å². The number of hydrogen-bond donors (Lipinski definition) is 1. The molecule has 1 aliphatic rings. The quantitative estimate of drug-likeness (QED) is 0.780. The van der Waals surface area contributed by atoms with E-state index in [0.29, 0.717) is 0 Å². The molecule has 2 rings (SSSR count). The molecule has 1 aliphatic heterocycles. The number of H-pyrrole nitrogens is 1. The number of carbonyl (C=O) groups excluding carboxylic acids is 1. The number of nitrogens with one attached hydrogen (secondary N) is 1. The van der Waals surface area contributed by atoms with Crippen LogP contribution < -0.4 is 0 Å². The van der Waals surface area contributed by atoms with Gasteiger partial charge in [0.05, 0.1) is 6.54 Å². The summed E-state index contributed by atoms with van der Waals surface area (Å²) in [5.74, 6) is -0.491. The number of amides is 1. The van der Waals surface area contributed by atoms with Crippen LogP contribution in [0.5, 0.6) is 0 Å². The van der Waals surface area contributed by atoms with Crippen LogP contribution in [0.25, 0.3) is 0 Å². The summed E-state index contributed by atoms with van der Waals surface area (Å²) in [6.07, 6.45) is -4.21.